The summed E-state index contributed by atoms with van der Waals surface area (Å²) < 4.78 is 0. The van der Waals surface area contributed by atoms with E-state index in [9.17, 15) is 0 Å². The average Bonchev–Trinajstić information content (AvgIpc) is 1.99. The molecule has 0 aliphatic carbocycles. The van der Waals surface area contributed by atoms with Crippen LogP contribution < -0.4 is 0 Å². The minimum Gasteiger partial charge on any atom is -0.371 e. The van der Waals surface area contributed by atoms with Crippen molar-refractivity contribution in [3.05, 3.63) is 23.9 Å². The van der Waals surface area contributed by atoms with Gasteiger partial charge in [-0.3, -0.25) is 0 Å². The van der Waals surface area contributed by atoms with Crippen LogP contribution in [0.4, 0.5) is 0 Å². The van der Waals surface area contributed by atoms with Crippen LogP contribution in [0.15, 0.2) is 23.9 Å². The molecule has 1 unspecified atom stereocenters. The first-order chi connectivity index (χ1) is 5.25. The van der Waals surface area contributed by atoms with Crippen molar-refractivity contribution in [1.82, 2.24) is 4.90 Å². The van der Waals surface area contributed by atoms with Crippen molar-refractivity contribution in [2.75, 3.05) is 6.54 Å². The maximum atomic E-state index is 2.38. The number of nitrogens with zero attached hydrogens (tertiary/aromatic N) is 1. The highest BCUT2D eigenvalue weighted by molar-refractivity contribution is 5.20. The fraction of sp³-hybridized carbons (Fsp3) is 0.600. The van der Waals surface area contributed by atoms with Crippen molar-refractivity contribution in [2.24, 2.45) is 0 Å². The quantitative estimate of drug-likeness (QED) is 0.586. The van der Waals surface area contributed by atoms with E-state index in [1.165, 1.54) is 18.5 Å². The first-order valence-electron chi connectivity index (χ1n) is 4.36. The lowest BCUT2D eigenvalue weighted by Gasteiger charge is -2.30. The van der Waals surface area contributed by atoms with Gasteiger partial charge in [0.15, 0.2) is 0 Å². The van der Waals surface area contributed by atoms with Crippen LogP contribution in [0.25, 0.3) is 0 Å². The molecule has 0 saturated carbocycles. The molecular formula is C10H17N. The Kier molecular flexibility index (Phi) is 2.75. The van der Waals surface area contributed by atoms with E-state index in [4.69, 9.17) is 0 Å². The second-order valence-electron chi connectivity index (χ2n) is 3.17. The highest BCUT2D eigenvalue weighted by Gasteiger charge is 2.12. The summed E-state index contributed by atoms with van der Waals surface area (Å²) in [6.45, 7) is 7.83. The Hall–Kier alpha value is -0.720. The van der Waals surface area contributed by atoms with Gasteiger partial charge in [-0.15, -0.1) is 0 Å². The smallest absolute Gasteiger partial charge is 0.0468 e. The molecule has 0 fully saturated rings. The predicted molar refractivity (Wildman–Crippen MR) is 49.4 cm³/mol. The van der Waals surface area contributed by atoms with E-state index in [0.29, 0.717) is 6.04 Å². The standard InChI is InChI=1S/C10H17N/c1-4-7-11-8-5-6-9(2)10(11)3/h5-6,8,10H,4,7H2,1-3H3. The zero-order chi connectivity index (χ0) is 8.27. The van der Waals surface area contributed by atoms with Gasteiger partial charge in [0.05, 0.1) is 0 Å². The van der Waals surface area contributed by atoms with E-state index in [1.54, 1.807) is 0 Å². The monoisotopic (exact) mass is 151 g/mol. The van der Waals surface area contributed by atoms with Crippen molar-refractivity contribution < 1.29 is 0 Å². The van der Waals surface area contributed by atoms with E-state index in [0.717, 1.165) is 0 Å². The number of hydrogen-bond acceptors (Lipinski definition) is 1. The molecule has 1 aliphatic rings. The minimum absolute atomic E-state index is 0.597. The van der Waals surface area contributed by atoms with Crippen LogP contribution >= 0.6 is 0 Å². The molecule has 0 saturated heterocycles. The zero-order valence-corrected chi connectivity index (χ0v) is 7.67. The van der Waals surface area contributed by atoms with E-state index in [-0.39, 0.29) is 0 Å². The molecule has 0 aromatic rings. The SMILES string of the molecule is CCCN1C=CC=C(C)C1C. The van der Waals surface area contributed by atoms with Crippen LogP contribution in [0.3, 0.4) is 0 Å². The Bertz CT molecular complexity index is 179. The molecule has 0 radical (unpaired) electrons. The largest absolute Gasteiger partial charge is 0.371 e. The third-order valence-electron chi connectivity index (χ3n) is 2.27. The normalized spacial score (nSPS) is 23.7. The van der Waals surface area contributed by atoms with Gasteiger partial charge in [0.1, 0.15) is 0 Å². The van der Waals surface area contributed by atoms with Gasteiger partial charge in [0.2, 0.25) is 0 Å². The summed E-state index contributed by atoms with van der Waals surface area (Å²) in [6, 6.07) is 0.597. The van der Waals surface area contributed by atoms with E-state index < -0.39 is 0 Å². The molecule has 1 atom stereocenters. The number of hydrogen-bond donors (Lipinski definition) is 0. The highest BCUT2D eigenvalue weighted by atomic mass is 15.1. The summed E-state index contributed by atoms with van der Waals surface area (Å²) >= 11 is 0. The molecule has 0 aromatic carbocycles. The zero-order valence-electron chi connectivity index (χ0n) is 7.67. The van der Waals surface area contributed by atoms with Crippen molar-refractivity contribution in [3.8, 4) is 0 Å². The lowest BCUT2D eigenvalue weighted by atomic mass is 10.1. The first-order valence-corrected chi connectivity index (χ1v) is 4.36. The van der Waals surface area contributed by atoms with Gasteiger partial charge in [-0.05, 0) is 32.5 Å². The summed E-state index contributed by atoms with van der Waals surface area (Å²) in [7, 11) is 0. The summed E-state index contributed by atoms with van der Waals surface area (Å²) in [4.78, 5) is 2.38. The van der Waals surface area contributed by atoms with Crippen LogP contribution in [0.1, 0.15) is 27.2 Å². The summed E-state index contributed by atoms with van der Waals surface area (Å²) in [5, 5.41) is 0. The third kappa shape index (κ3) is 1.86. The van der Waals surface area contributed by atoms with Crippen LogP contribution in [-0.2, 0) is 0 Å². The van der Waals surface area contributed by atoms with E-state index >= 15 is 0 Å². The van der Waals surface area contributed by atoms with Gasteiger partial charge >= 0.3 is 0 Å². The van der Waals surface area contributed by atoms with Crippen molar-refractivity contribution >= 4 is 0 Å². The van der Waals surface area contributed by atoms with Gasteiger partial charge in [-0.2, -0.15) is 0 Å². The Morgan fingerprint density at radius 2 is 2.27 bits per heavy atom. The summed E-state index contributed by atoms with van der Waals surface area (Å²) in [5.74, 6) is 0. The van der Waals surface area contributed by atoms with Crippen molar-refractivity contribution in [3.63, 3.8) is 0 Å². The molecule has 1 aliphatic heterocycles. The molecule has 0 spiro atoms. The second-order valence-corrected chi connectivity index (χ2v) is 3.17. The van der Waals surface area contributed by atoms with Gasteiger partial charge in [0, 0.05) is 12.6 Å². The van der Waals surface area contributed by atoms with Gasteiger partial charge in [0.25, 0.3) is 0 Å². The molecule has 1 nitrogen and oxygen atoms in total. The topological polar surface area (TPSA) is 3.24 Å². The maximum Gasteiger partial charge on any atom is 0.0468 e. The lowest BCUT2D eigenvalue weighted by Crippen LogP contribution is -2.31. The maximum absolute atomic E-state index is 2.38. The summed E-state index contributed by atoms with van der Waals surface area (Å²) in [6.07, 6.45) is 7.73. The van der Waals surface area contributed by atoms with Crippen molar-refractivity contribution in [2.45, 2.75) is 33.2 Å². The Morgan fingerprint density at radius 3 is 2.91 bits per heavy atom. The van der Waals surface area contributed by atoms with Crippen molar-refractivity contribution in [1.29, 1.82) is 0 Å². The molecule has 1 heteroatoms. The minimum atomic E-state index is 0.597. The Labute approximate surface area is 69.4 Å². The average molecular weight is 151 g/mol. The molecule has 62 valence electrons. The number of allylic oxidation sites excluding steroid dienone is 2. The van der Waals surface area contributed by atoms with Crippen LogP contribution in [0, 0.1) is 0 Å². The first kappa shape index (κ1) is 8.38. The molecule has 1 heterocycles. The van der Waals surface area contributed by atoms with Crippen LogP contribution in [0.2, 0.25) is 0 Å². The van der Waals surface area contributed by atoms with Crippen LogP contribution in [0.5, 0.6) is 0 Å². The fourth-order valence-corrected chi connectivity index (χ4v) is 1.36. The summed E-state index contributed by atoms with van der Waals surface area (Å²) in [5.41, 5.74) is 1.46. The van der Waals surface area contributed by atoms with Crippen LogP contribution in [-0.4, -0.2) is 17.5 Å². The second kappa shape index (κ2) is 3.61. The third-order valence-corrected chi connectivity index (χ3v) is 2.27. The lowest BCUT2D eigenvalue weighted by molar-refractivity contribution is 0.321. The molecule has 0 aromatic heterocycles. The van der Waals surface area contributed by atoms with E-state index in [1.807, 2.05) is 0 Å². The Balaban J connectivity index is 2.58. The fourth-order valence-electron chi connectivity index (χ4n) is 1.36. The predicted octanol–water partition coefficient (Wildman–Crippen LogP) is 2.56. The molecule has 11 heavy (non-hydrogen) atoms. The van der Waals surface area contributed by atoms with Gasteiger partial charge in [-0.25, -0.2) is 0 Å². The number of rotatable bonds is 2. The van der Waals surface area contributed by atoms with Gasteiger partial charge in [-0.1, -0.05) is 18.6 Å². The molecular weight excluding hydrogens is 134 g/mol. The molecule has 0 amide bonds. The highest BCUT2D eigenvalue weighted by Crippen LogP contribution is 2.15. The van der Waals surface area contributed by atoms with E-state index in [2.05, 4.69) is 44.0 Å². The molecule has 0 N–H and O–H groups in total. The molecule has 1 rings (SSSR count). The molecule has 0 bridgehead atoms. The van der Waals surface area contributed by atoms with Gasteiger partial charge < -0.3 is 4.90 Å². The Morgan fingerprint density at radius 1 is 1.55 bits per heavy atom.